The zero-order chi connectivity index (χ0) is 15.8. The molecule has 0 radical (unpaired) electrons. The van der Waals surface area contributed by atoms with Crippen LogP contribution in [0.4, 0.5) is 10.5 Å². The Hall–Kier alpha value is -1.85. The van der Waals surface area contributed by atoms with E-state index in [1.807, 2.05) is 30.5 Å². The molecule has 0 spiro atoms. The van der Waals surface area contributed by atoms with Crippen molar-refractivity contribution in [1.29, 1.82) is 0 Å². The Kier molecular flexibility index (Phi) is 6.43. The summed E-state index contributed by atoms with van der Waals surface area (Å²) in [6, 6.07) is 14.5. The third-order valence-corrected chi connectivity index (χ3v) is 3.81. The summed E-state index contributed by atoms with van der Waals surface area (Å²) in [6.07, 6.45) is 2.01. The average Bonchev–Trinajstić information content (AvgIpc) is 2.54. The van der Waals surface area contributed by atoms with E-state index >= 15 is 0 Å². The summed E-state index contributed by atoms with van der Waals surface area (Å²) in [5.74, 6) is 0.722. The first kappa shape index (κ1) is 16.5. The van der Waals surface area contributed by atoms with Crippen molar-refractivity contribution in [3.05, 3.63) is 53.6 Å². The maximum Gasteiger partial charge on any atom is 0.319 e. The maximum absolute atomic E-state index is 11.7. The van der Waals surface area contributed by atoms with E-state index in [2.05, 4.69) is 10.6 Å². The fourth-order valence-corrected chi connectivity index (χ4v) is 2.25. The molecule has 0 aliphatic rings. The number of urea groups is 1. The predicted octanol–water partition coefficient (Wildman–Crippen LogP) is 4.26. The minimum Gasteiger partial charge on any atom is -0.492 e. The molecule has 0 aliphatic carbocycles. The molecule has 0 aliphatic heterocycles. The van der Waals surface area contributed by atoms with Crippen LogP contribution in [-0.4, -0.2) is 25.4 Å². The number of amides is 2. The van der Waals surface area contributed by atoms with Crippen LogP contribution in [0.5, 0.6) is 5.75 Å². The van der Waals surface area contributed by atoms with E-state index in [9.17, 15) is 4.79 Å². The van der Waals surface area contributed by atoms with Gasteiger partial charge in [0.05, 0.1) is 6.54 Å². The molecule has 0 aromatic heterocycles. The molecule has 4 nitrogen and oxygen atoms in total. The molecular weight excluding hydrogens is 320 g/mol. The Morgan fingerprint density at radius 3 is 2.45 bits per heavy atom. The summed E-state index contributed by atoms with van der Waals surface area (Å²) in [5.41, 5.74) is 0.758. The molecule has 2 rings (SSSR count). The molecule has 0 saturated carbocycles. The summed E-state index contributed by atoms with van der Waals surface area (Å²) in [7, 11) is 0. The Balaban J connectivity index is 1.67. The van der Waals surface area contributed by atoms with Crippen LogP contribution in [0.15, 0.2) is 53.4 Å². The van der Waals surface area contributed by atoms with E-state index in [1.54, 1.807) is 36.0 Å². The number of hydrogen-bond acceptors (Lipinski definition) is 3. The van der Waals surface area contributed by atoms with Crippen molar-refractivity contribution in [2.24, 2.45) is 0 Å². The quantitative estimate of drug-likeness (QED) is 0.612. The van der Waals surface area contributed by atoms with E-state index < -0.39 is 0 Å². The van der Waals surface area contributed by atoms with E-state index in [-0.39, 0.29) is 6.03 Å². The number of ether oxygens (including phenoxy) is 1. The number of anilines is 1. The van der Waals surface area contributed by atoms with Crippen LogP contribution in [0.3, 0.4) is 0 Å². The third kappa shape index (κ3) is 5.50. The van der Waals surface area contributed by atoms with Crippen LogP contribution in [0.1, 0.15) is 0 Å². The van der Waals surface area contributed by atoms with Gasteiger partial charge in [0.1, 0.15) is 12.4 Å². The van der Waals surface area contributed by atoms with Crippen LogP contribution in [-0.2, 0) is 0 Å². The third-order valence-electron chi connectivity index (χ3n) is 2.82. The SMILES string of the molecule is CSc1ccc(NC(=O)NCCOc2ccc(Cl)cc2)cc1. The van der Waals surface area contributed by atoms with Crippen LogP contribution in [0.25, 0.3) is 0 Å². The second-order valence-electron chi connectivity index (χ2n) is 4.41. The van der Waals surface area contributed by atoms with Crippen LogP contribution in [0, 0.1) is 0 Å². The van der Waals surface area contributed by atoms with Crippen molar-refractivity contribution in [3.63, 3.8) is 0 Å². The molecule has 2 amide bonds. The molecule has 0 bridgehead atoms. The topological polar surface area (TPSA) is 50.4 Å². The summed E-state index contributed by atoms with van der Waals surface area (Å²) in [5, 5.41) is 6.17. The fourth-order valence-electron chi connectivity index (χ4n) is 1.71. The minimum absolute atomic E-state index is 0.253. The minimum atomic E-state index is -0.253. The van der Waals surface area contributed by atoms with Gasteiger partial charge >= 0.3 is 6.03 Å². The summed E-state index contributed by atoms with van der Waals surface area (Å²) < 4.78 is 5.49. The van der Waals surface area contributed by atoms with Gasteiger partial charge in [-0.15, -0.1) is 11.8 Å². The highest BCUT2D eigenvalue weighted by Gasteiger charge is 2.01. The number of halogens is 1. The lowest BCUT2D eigenvalue weighted by molar-refractivity contribution is 0.247. The fraction of sp³-hybridized carbons (Fsp3) is 0.188. The molecule has 0 heterocycles. The monoisotopic (exact) mass is 336 g/mol. The predicted molar refractivity (Wildman–Crippen MR) is 92.2 cm³/mol. The average molecular weight is 337 g/mol. The second kappa shape index (κ2) is 8.56. The van der Waals surface area contributed by atoms with Gasteiger partial charge in [-0.2, -0.15) is 0 Å². The molecule has 22 heavy (non-hydrogen) atoms. The van der Waals surface area contributed by atoms with Gasteiger partial charge in [0, 0.05) is 15.6 Å². The van der Waals surface area contributed by atoms with Gasteiger partial charge in [0.25, 0.3) is 0 Å². The molecule has 2 N–H and O–H groups in total. The highest BCUT2D eigenvalue weighted by molar-refractivity contribution is 7.98. The number of thioether (sulfide) groups is 1. The largest absolute Gasteiger partial charge is 0.492 e. The van der Waals surface area contributed by atoms with Gasteiger partial charge in [-0.05, 0) is 54.8 Å². The Bertz CT molecular complexity index is 603. The van der Waals surface area contributed by atoms with Gasteiger partial charge < -0.3 is 15.4 Å². The van der Waals surface area contributed by atoms with Crippen molar-refractivity contribution in [3.8, 4) is 5.75 Å². The highest BCUT2D eigenvalue weighted by atomic mass is 35.5. The number of nitrogens with one attached hydrogen (secondary N) is 2. The van der Waals surface area contributed by atoms with Crippen molar-refractivity contribution in [2.75, 3.05) is 24.7 Å². The normalized spacial score (nSPS) is 10.1. The van der Waals surface area contributed by atoms with Crippen LogP contribution < -0.4 is 15.4 Å². The van der Waals surface area contributed by atoms with E-state index in [0.29, 0.717) is 18.2 Å². The van der Waals surface area contributed by atoms with E-state index in [4.69, 9.17) is 16.3 Å². The van der Waals surface area contributed by atoms with Crippen molar-refractivity contribution in [2.45, 2.75) is 4.90 Å². The van der Waals surface area contributed by atoms with Crippen LogP contribution in [0.2, 0.25) is 5.02 Å². The smallest absolute Gasteiger partial charge is 0.319 e. The number of benzene rings is 2. The first-order valence-corrected chi connectivity index (χ1v) is 8.35. The maximum atomic E-state index is 11.7. The first-order valence-electron chi connectivity index (χ1n) is 6.74. The number of rotatable bonds is 6. The molecule has 0 unspecified atom stereocenters. The Labute approximate surface area is 139 Å². The highest BCUT2D eigenvalue weighted by Crippen LogP contribution is 2.17. The molecule has 0 fully saturated rings. The lowest BCUT2D eigenvalue weighted by atomic mass is 10.3. The molecule has 2 aromatic rings. The number of hydrogen-bond donors (Lipinski definition) is 2. The number of carbonyl (C=O) groups is 1. The van der Waals surface area contributed by atoms with Gasteiger partial charge in [-0.25, -0.2) is 4.79 Å². The van der Waals surface area contributed by atoms with Gasteiger partial charge in [-0.3, -0.25) is 0 Å². The molecule has 0 saturated heterocycles. The van der Waals surface area contributed by atoms with E-state index in [0.717, 1.165) is 16.3 Å². The standard InChI is InChI=1S/C16H17ClN2O2S/c1-22-15-8-4-13(5-9-15)19-16(20)18-10-11-21-14-6-2-12(17)3-7-14/h2-9H,10-11H2,1H3,(H2,18,19,20). The van der Waals surface area contributed by atoms with Gasteiger partial charge in [0.15, 0.2) is 0 Å². The Morgan fingerprint density at radius 2 is 1.82 bits per heavy atom. The number of carbonyl (C=O) groups excluding carboxylic acids is 1. The van der Waals surface area contributed by atoms with E-state index in [1.165, 1.54) is 0 Å². The zero-order valence-electron chi connectivity index (χ0n) is 12.1. The Morgan fingerprint density at radius 1 is 1.14 bits per heavy atom. The molecule has 2 aromatic carbocycles. The second-order valence-corrected chi connectivity index (χ2v) is 5.73. The molecule has 116 valence electrons. The molecule has 0 atom stereocenters. The zero-order valence-corrected chi connectivity index (χ0v) is 13.7. The van der Waals surface area contributed by atoms with Crippen molar-refractivity contribution in [1.82, 2.24) is 5.32 Å². The molecular formula is C16H17ClN2O2S. The first-order chi connectivity index (χ1) is 10.7. The summed E-state index contributed by atoms with van der Waals surface area (Å²) in [6.45, 7) is 0.803. The van der Waals surface area contributed by atoms with Crippen molar-refractivity contribution >= 4 is 35.1 Å². The molecule has 6 heteroatoms. The van der Waals surface area contributed by atoms with Crippen LogP contribution >= 0.6 is 23.4 Å². The lowest BCUT2D eigenvalue weighted by Crippen LogP contribution is -2.32. The van der Waals surface area contributed by atoms with Gasteiger partial charge in [-0.1, -0.05) is 11.6 Å². The van der Waals surface area contributed by atoms with Crippen molar-refractivity contribution < 1.29 is 9.53 Å². The van der Waals surface area contributed by atoms with Gasteiger partial charge in [0.2, 0.25) is 0 Å². The lowest BCUT2D eigenvalue weighted by Gasteiger charge is -2.09. The summed E-state index contributed by atoms with van der Waals surface area (Å²) >= 11 is 7.45. The summed E-state index contributed by atoms with van der Waals surface area (Å²) in [4.78, 5) is 12.9.